The van der Waals surface area contributed by atoms with E-state index in [1.54, 1.807) is 24.3 Å². The zero-order valence-electron chi connectivity index (χ0n) is 17.0. The van der Waals surface area contributed by atoms with E-state index >= 15 is 0 Å². The number of aromatic nitrogens is 1. The van der Waals surface area contributed by atoms with Crippen LogP contribution in [0.3, 0.4) is 0 Å². The topological polar surface area (TPSA) is 88.7 Å². The molecule has 0 bridgehead atoms. The molecule has 2 atom stereocenters. The van der Waals surface area contributed by atoms with E-state index in [1.807, 2.05) is 24.3 Å². The largest absolute Gasteiger partial charge is 0.467 e. The molecule has 0 saturated heterocycles. The van der Waals surface area contributed by atoms with E-state index in [9.17, 15) is 14.4 Å². The average Bonchev–Trinajstić information content (AvgIpc) is 3.19. The van der Waals surface area contributed by atoms with Gasteiger partial charge in [-0.2, -0.15) is 0 Å². The standard InChI is InChI=1S/C24H20N2O5/c1-4-20(27)26-19(24(29)31-3)13-17-16-7-5-6-8-18(16)25-21(17)22(26)14-9-11-15(12-10-14)23(28)30-2/h1,5-12,19,22,25H,13H2,2-3H3/t19-,22+/m1/s1. The molecule has 1 aliphatic heterocycles. The molecule has 1 aromatic heterocycles. The van der Waals surface area contributed by atoms with Crippen LogP contribution in [0.1, 0.15) is 33.2 Å². The predicted octanol–water partition coefficient (Wildman–Crippen LogP) is 2.60. The van der Waals surface area contributed by atoms with Gasteiger partial charge < -0.3 is 19.4 Å². The van der Waals surface area contributed by atoms with Crippen molar-refractivity contribution in [2.75, 3.05) is 14.2 Å². The van der Waals surface area contributed by atoms with Crippen molar-refractivity contribution in [2.45, 2.75) is 18.5 Å². The minimum absolute atomic E-state index is 0.274. The maximum Gasteiger partial charge on any atom is 0.337 e. The highest BCUT2D eigenvalue weighted by atomic mass is 16.5. The van der Waals surface area contributed by atoms with E-state index in [2.05, 4.69) is 10.9 Å². The highest BCUT2D eigenvalue weighted by molar-refractivity contribution is 5.98. The second kappa shape index (κ2) is 8.00. The first-order chi connectivity index (χ1) is 15.0. The molecule has 0 spiro atoms. The smallest absolute Gasteiger partial charge is 0.337 e. The summed E-state index contributed by atoms with van der Waals surface area (Å²) in [5.74, 6) is 0.502. The fourth-order valence-electron chi connectivity index (χ4n) is 4.20. The summed E-state index contributed by atoms with van der Waals surface area (Å²) in [5.41, 5.74) is 3.66. The monoisotopic (exact) mass is 416 g/mol. The Morgan fingerprint density at radius 1 is 1.06 bits per heavy atom. The highest BCUT2D eigenvalue weighted by Crippen LogP contribution is 2.41. The van der Waals surface area contributed by atoms with Gasteiger partial charge in [-0.05, 0) is 35.2 Å². The van der Waals surface area contributed by atoms with Crippen molar-refractivity contribution >= 4 is 28.7 Å². The summed E-state index contributed by atoms with van der Waals surface area (Å²) in [4.78, 5) is 42.1. The van der Waals surface area contributed by atoms with Crippen LogP contribution in [0.25, 0.3) is 10.9 Å². The molecule has 1 aliphatic rings. The summed E-state index contributed by atoms with van der Waals surface area (Å²) in [7, 11) is 2.59. The molecule has 1 N–H and O–H groups in total. The molecule has 7 heteroatoms. The van der Waals surface area contributed by atoms with Crippen LogP contribution in [0.2, 0.25) is 0 Å². The molecule has 156 valence electrons. The van der Waals surface area contributed by atoms with E-state index < -0.39 is 29.9 Å². The first-order valence-corrected chi connectivity index (χ1v) is 9.64. The lowest BCUT2D eigenvalue weighted by molar-refractivity contribution is -0.153. The molecule has 4 rings (SSSR count). The van der Waals surface area contributed by atoms with E-state index in [0.29, 0.717) is 11.1 Å². The van der Waals surface area contributed by atoms with Gasteiger partial charge in [0.05, 0.1) is 25.8 Å². The molecule has 2 heterocycles. The van der Waals surface area contributed by atoms with Gasteiger partial charge in [-0.1, -0.05) is 30.3 Å². The summed E-state index contributed by atoms with van der Waals surface area (Å²) >= 11 is 0. The molecule has 0 unspecified atom stereocenters. The first kappa shape index (κ1) is 20.2. The van der Waals surface area contributed by atoms with Gasteiger partial charge in [-0.25, -0.2) is 9.59 Å². The highest BCUT2D eigenvalue weighted by Gasteiger charge is 2.43. The lowest BCUT2D eigenvalue weighted by Gasteiger charge is -2.39. The number of benzene rings is 2. The molecular weight excluding hydrogens is 396 g/mol. The number of esters is 2. The van der Waals surface area contributed by atoms with E-state index in [1.165, 1.54) is 19.1 Å². The normalized spacial score (nSPS) is 17.5. The third-order valence-electron chi connectivity index (χ3n) is 5.61. The molecular formula is C24H20N2O5. The molecule has 3 aromatic rings. The number of amides is 1. The van der Waals surface area contributed by atoms with Crippen molar-refractivity contribution in [2.24, 2.45) is 0 Å². The van der Waals surface area contributed by atoms with Gasteiger partial charge in [0.25, 0.3) is 5.91 Å². The van der Waals surface area contributed by atoms with Gasteiger partial charge in [0.15, 0.2) is 0 Å². The third-order valence-corrected chi connectivity index (χ3v) is 5.61. The fraction of sp³-hybridized carbons (Fsp3) is 0.208. The number of hydrogen-bond acceptors (Lipinski definition) is 5. The van der Waals surface area contributed by atoms with Gasteiger partial charge in [0.2, 0.25) is 0 Å². The van der Waals surface area contributed by atoms with Crippen LogP contribution in [-0.2, 0) is 25.5 Å². The summed E-state index contributed by atoms with van der Waals surface area (Å²) in [6.07, 6.45) is 5.73. The first-order valence-electron chi connectivity index (χ1n) is 9.64. The number of ether oxygens (including phenoxy) is 2. The van der Waals surface area contributed by atoms with Gasteiger partial charge >= 0.3 is 11.9 Å². The minimum atomic E-state index is -0.884. The quantitative estimate of drug-likeness (QED) is 0.524. The van der Waals surface area contributed by atoms with E-state index in [0.717, 1.165) is 22.2 Å². The van der Waals surface area contributed by atoms with Crippen LogP contribution in [0.4, 0.5) is 0 Å². The molecule has 2 aromatic carbocycles. The number of carbonyl (C=O) groups is 3. The summed E-state index contributed by atoms with van der Waals surface area (Å²) in [6, 6.07) is 12.9. The molecule has 0 saturated carbocycles. The van der Waals surface area contributed by atoms with Crippen LogP contribution < -0.4 is 0 Å². The second-order valence-electron chi connectivity index (χ2n) is 7.18. The van der Waals surface area contributed by atoms with Gasteiger partial charge in [0, 0.05) is 23.0 Å². The molecule has 31 heavy (non-hydrogen) atoms. The third kappa shape index (κ3) is 3.32. The maximum absolute atomic E-state index is 12.8. The number of aromatic amines is 1. The summed E-state index contributed by atoms with van der Waals surface area (Å²) < 4.78 is 9.76. The summed E-state index contributed by atoms with van der Waals surface area (Å²) in [5, 5.41) is 0.968. The van der Waals surface area contributed by atoms with Gasteiger partial charge in [-0.3, -0.25) is 4.79 Å². The number of methoxy groups -OCH3 is 2. The van der Waals surface area contributed by atoms with E-state index in [-0.39, 0.29) is 6.42 Å². The Balaban J connectivity index is 1.94. The Bertz CT molecular complexity index is 1220. The predicted molar refractivity (Wildman–Crippen MR) is 113 cm³/mol. The van der Waals surface area contributed by atoms with E-state index in [4.69, 9.17) is 15.9 Å². The summed E-state index contributed by atoms with van der Waals surface area (Å²) in [6.45, 7) is 0. The number of rotatable bonds is 3. The number of para-hydroxylation sites is 1. The van der Waals surface area contributed by atoms with Crippen molar-refractivity contribution in [1.29, 1.82) is 0 Å². The molecule has 0 aliphatic carbocycles. The lowest BCUT2D eigenvalue weighted by Crippen LogP contribution is -2.51. The number of carbonyl (C=O) groups excluding carboxylic acids is 3. The van der Waals surface area contributed by atoms with Crippen LogP contribution in [0, 0.1) is 12.3 Å². The van der Waals surface area contributed by atoms with Crippen LogP contribution in [0.5, 0.6) is 0 Å². The molecule has 7 nitrogen and oxygen atoms in total. The van der Waals surface area contributed by atoms with Crippen molar-refractivity contribution in [3.05, 3.63) is 70.9 Å². The molecule has 0 radical (unpaired) electrons. The van der Waals surface area contributed by atoms with Crippen molar-refractivity contribution in [3.8, 4) is 12.3 Å². The lowest BCUT2D eigenvalue weighted by atomic mass is 9.87. The van der Waals surface area contributed by atoms with Crippen LogP contribution in [0.15, 0.2) is 48.5 Å². The van der Waals surface area contributed by atoms with Crippen LogP contribution in [-0.4, -0.2) is 48.0 Å². The number of fused-ring (bicyclic) bond motifs is 3. The number of terminal acetylenes is 1. The minimum Gasteiger partial charge on any atom is -0.467 e. The van der Waals surface area contributed by atoms with Crippen molar-refractivity contribution in [1.82, 2.24) is 9.88 Å². The Morgan fingerprint density at radius 2 is 1.77 bits per heavy atom. The zero-order chi connectivity index (χ0) is 22.1. The van der Waals surface area contributed by atoms with Crippen LogP contribution >= 0.6 is 0 Å². The Labute approximate surface area is 178 Å². The Hall–Kier alpha value is -4.05. The SMILES string of the molecule is C#CC(=O)N1[C@@H](c2ccc(C(=O)OC)cc2)c2[nH]c3ccccc3c2C[C@@H]1C(=O)OC. The average molecular weight is 416 g/mol. The van der Waals surface area contributed by atoms with Crippen molar-refractivity contribution in [3.63, 3.8) is 0 Å². The molecule has 1 amide bonds. The van der Waals surface area contributed by atoms with Gasteiger partial charge in [-0.15, -0.1) is 6.42 Å². The molecule has 0 fully saturated rings. The zero-order valence-corrected chi connectivity index (χ0v) is 17.0. The van der Waals surface area contributed by atoms with Gasteiger partial charge in [0.1, 0.15) is 6.04 Å². The Morgan fingerprint density at radius 3 is 2.42 bits per heavy atom. The number of H-pyrrole nitrogens is 1. The second-order valence-corrected chi connectivity index (χ2v) is 7.18. The van der Waals surface area contributed by atoms with Crippen molar-refractivity contribution < 1.29 is 23.9 Å². The Kier molecular flexibility index (Phi) is 5.22. The maximum atomic E-state index is 12.8. The fourth-order valence-corrected chi connectivity index (χ4v) is 4.20. The number of hydrogen-bond donors (Lipinski definition) is 1. The number of nitrogens with one attached hydrogen (secondary N) is 1. The number of nitrogens with zero attached hydrogens (tertiary/aromatic N) is 1.